The first kappa shape index (κ1) is 15.6. The average Bonchev–Trinajstić information content (AvgIpc) is 2.39. The van der Waals surface area contributed by atoms with Crippen molar-refractivity contribution in [3.05, 3.63) is 24.3 Å². The standard InChI is InChI=1S/C16H24N2O3/c1-16(2,3)21-14-8-6-12(7-9-14)17-15(20)18-10-4-5-13(19)11-18/h6-9,13,19H,4-5,10-11H2,1-3H3,(H,17,20). The van der Waals surface area contributed by atoms with Gasteiger partial charge in [-0.05, 0) is 57.9 Å². The number of urea groups is 1. The maximum Gasteiger partial charge on any atom is 0.321 e. The molecule has 5 heteroatoms. The summed E-state index contributed by atoms with van der Waals surface area (Å²) in [7, 11) is 0. The normalized spacial score (nSPS) is 19.2. The number of nitrogens with zero attached hydrogens (tertiary/aromatic N) is 1. The number of rotatable bonds is 2. The van der Waals surface area contributed by atoms with Crippen LogP contribution >= 0.6 is 0 Å². The summed E-state index contributed by atoms with van der Waals surface area (Å²) in [6.07, 6.45) is 1.20. The van der Waals surface area contributed by atoms with E-state index in [0.29, 0.717) is 13.1 Å². The summed E-state index contributed by atoms with van der Waals surface area (Å²) < 4.78 is 5.74. The Balaban J connectivity index is 1.92. The molecule has 2 rings (SSSR count). The van der Waals surface area contributed by atoms with E-state index in [9.17, 15) is 9.90 Å². The zero-order valence-corrected chi connectivity index (χ0v) is 12.9. The van der Waals surface area contributed by atoms with E-state index in [2.05, 4.69) is 5.32 Å². The summed E-state index contributed by atoms with van der Waals surface area (Å²) in [6.45, 7) is 7.06. The maximum atomic E-state index is 12.1. The van der Waals surface area contributed by atoms with E-state index in [1.165, 1.54) is 0 Å². The third kappa shape index (κ3) is 4.93. The minimum absolute atomic E-state index is 0.168. The summed E-state index contributed by atoms with van der Waals surface area (Å²) in [5.41, 5.74) is 0.482. The second-order valence-electron chi connectivity index (χ2n) is 6.41. The van der Waals surface area contributed by atoms with E-state index in [1.54, 1.807) is 4.90 Å². The molecule has 0 radical (unpaired) electrons. The number of benzene rings is 1. The van der Waals surface area contributed by atoms with E-state index in [-0.39, 0.29) is 11.6 Å². The average molecular weight is 292 g/mol. The Morgan fingerprint density at radius 2 is 2.00 bits per heavy atom. The minimum Gasteiger partial charge on any atom is -0.488 e. The molecule has 1 aromatic rings. The highest BCUT2D eigenvalue weighted by Crippen LogP contribution is 2.21. The Morgan fingerprint density at radius 1 is 1.33 bits per heavy atom. The van der Waals surface area contributed by atoms with Crippen molar-refractivity contribution in [2.45, 2.75) is 45.3 Å². The second-order valence-corrected chi connectivity index (χ2v) is 6.41. The molecular formula is C16H24N2O3. The molecule has 0 bridgehead atoms. The third-order valence-corrected chi connectivity index (χ3v) is 3.21. The van der Waals surface area contributed by atoms with Crippen LogP contribution in [0.2, 0.25) is 0 Å². The monoisotopic (exact) mass is 292 g/mol. The van der Waals surface area contributed by atoms with Crippen molar-refractivity contribution in [3.8, 4) is 5.75 Å². The topological polar surface area (TPSA) is 61.8 Å². The van der Waals surface area contributed by atoms with Crippen molar-refractivity contribution in [1.82, 2.24) is 4.90 Å². The molecule has 1 aliphatic heterocycles. The van der Waals surface area contributed by atoms with Gasteiger partial charge in [-0.15, -0.1) is 0 Å². The minimum atomic E-state index is -0.410. The van der Waals surface area contributed by atoms with Gasteiger partial charge in [0.25, 0.3) is 0 Å². The van der Waals surface area contributed by atoms with Crippen LogP contribution in [0.3, 0.4) is 0 Å². The summed E-state index contributed by atoms with van der Waals surface area (Å²) >= 11 is 0. The molecule has 116 valence electrons. The van der Waals surface area contributed by atoms with Gasteiger partial charge in [-0.3, -0.25) is 0 Å². The van der Waals surface area contributed by atoms with E-state index in [4.69, 9.17) is 4.74 Å². The van der Waals surface area contributed by atoms with Crippen molar-refractivity contribution >= 4 is 11.7 Å². The lowest BCUT2D eigenvalue weighted by Crippen LogP contribution is -2.44. The van der Waals surface area contributed by atoms with Gasteiger partial charge in [-0.2, -0.15) is 0 Å². The number of carbonyl (C=O) groups is 1. The Hall–Kier alpha value is -1.75. The number of amides is 2. The predicted octanol–water partition coefficient (Wildman–Crippen LogP) is 2.85. The summed E-state index contributed by atoms with van der Waals surface area (Å²) in [5, 5.41) is 12.4. The summed E-state index contributed by atoms with van der Waals surface area (Å²) in [6, 6.07) is 7.15. The molecule has 1 saturated heterocycles. The summed E-state index contributed by atoms with van der Waals surface area (Å²) in [5.74, 6) is 0.772. The first-order valence-electron chi connectivity index (χ1n) is 7.36. The Bertz CT molecular complexity index is 479. The molecule has 5 nitrogen and oxygen atoms in total. The van der Waals surface area contributed by atoms with Crippen LogP contribution in [0.1, 0.15) is 33.6 Å². The molecule has 0 aliphatic carbocycles. The number of nitrogens with one attached hydrogen (secondary N) is 1. The number of aliphatic hydroxyl groups is 1. The zero-order valence-electron chi connectivity index (χ0n) is 12.9. The van der Waals surface area contributed by atoms with E-state index >= 15 is 0 Å². The number of piperidine rings is 1. The van der Waals surface area contributed by atoms with Crippen molar-refractivity contribution < 1.29 is 14.6 Å². The molecule has 1 fully saturated rings. The number of β-amino-alcohol motifs (C(OH)–C–C–N with tert-alkyl or cyclic N) is 1. The van der Waals surface area contributed by atoms with Gasteiger partial charge in [-0.25, -0.2) is 4.79 Å². The molecule has 1 unspecified atom stereocenters. The zero-order chi connectivity index (χ0) is 15.5. The van der Waals surface area contributed by atoms with Crippen LogP contribution in [0.25, 0.3) is 0 Å². The van der Waals surface area contributed by atoms with Gasteiger partial charge in [0.2, 0.25) is 0 Å². The highest BCUT2D eigenvalue weighted by atomic mass is 16.5. The van der Waals surface area contributed by atoms with Gasteiger partial charge >= 0.3 is 6.03 Å². The Kier molecular flexibility index (Phi) is 4.73. The third-order valence-electron chi connectivity index (χ3n) is 3.21. The SMILES string of the molecule is CC(C)(C)Oc1ccc(NC(=O)N2CCCC(O)C2)cc1. The number of ether oxygens (including phenoxy) is 1. The van der Waals surface area contributed by atoms with Crippen molar-refractivity contribution in [2.75, 3.05) is 18.4 Å². The van der Waals surface area contributed by atoms with Crippen LogP contribution in [0.4, 0.5) is 10.5 Å². The van der Waals surface area contributed by atoms with E-state index < -0.39 is 6.10 Å². The van der Waals surface area contributed by atoms with Crippen LogP contribution in [0.5, 0.6) is 5.75 Å². The molecular weight excluding hydrogens is 268 g/mol. The fourth-order valence-corrected chi connectivity index (χ4v) is 2.30. The molecule has 1 aliphatic rings. The molecule has 0 aromatic heterocycles. The molecule has 1 heterocycles. The second kappa shape index (κ2) is 6.35. The van der Waals surface area contributed by atoms with Crippen LogP contribution in [-0.2, 0) is 0 Å². The number of aliphatic hydroxyl groups excluding tert-OH is 1. The Morgan fingerprint density at radius 3 is 2.57 bits per heavy atom. The quantitative estimate of drug-likeness (QED) is 0.881. The number of carbonyl (C=O) groups excluding carboxylic acids is 1. The number of anilines is 1. The molecule has 2 amide bonds. The highest BCUT2D eigenvalue weighted by Gasteiger charge is 2.22. The number of likely N-dealkylation sites (tertiary alicyclic amines) is 1. The van der Waals surface area contributed by atoms with Gasteiger partial charge < -0.3 is 20.1 Å². The highest BCUT2D eigenvalue weighted by molar-refractivity contribution is 5.89. The molecule has 1 atom stereocenters. The smallest absolute Gasteiger partial charge is 0.321 e. The van der Waals surface area contributed by atoms with E-state index in [1.807, 2.05) is 45.0 Å². The largest absolute Gasteiger partial charge is 0.488 e. The Labute approximate surface area is 125 Å². The lowest BCUT2D eigenvalue weighted by atomic mass is 10.1. The van der Waals surface area contributed by atoms with Crippen molar-refractivity contribution in [3.63, 3.8) is 0 Å². The van der Waals surface area contributed by atoms with Gasteiger partial charge in [0.05, 0.1) is 6.10 Å². The van der Waals surface area contributed by atoms with Crippen LogP contribution in [0.15, 0.2) is 24.3 Å². The van der Waals surface area contributed by atoms with Crippen molar-refractivity contribution in [1.29, 1.82) is 0 Å². The molecule has 2 N–H and O–H groups in total. The first-order chi connectivity index (χ1) is 9.83. The lowest BCUT2D eigenvalue weighted by molar-refractivity contribution is 0.0883. The van der Waals surface area contributed by atoms with Gasteiger partial charge in [0.15, 0.2) is 0 Å². The van der Waals surface area contributed by atoms with Gasteiger partial charge in [-0.1, -0.05) is 0 Å². The maximum absolute atomic E-state index is 12.1. The summed E-state index contributed by atoms with van der Waals surface area (Å²) in [4.78, 5) is 13.7. The fourth-order valence-electron chi connectivity index (χ4n) is 2.30. The first-order valence-corrected chi connectivity index (χ1v) is 7.36. The molecule has 21 heavy (non-hydrogen) atoms. The number of hydrogen-bond acceptors (Lipinski definition) is 3. The molecule has 1 aromatic carbocycles. The van der Waals surface area contributed by atoms with Crippen LogP contribution in [-0.4, -0.2) is 40.8 Å². The van der Waals surface area contributed by atoms with Gasteiger partial charge in [0, 0.05) is 18.8 Å². The molecule has 0 saturated carbocycles. The fraction of sp³-hybridized carbons (Fsp3) is 0.562. The predicted molar refractivity (Wildman–Crippen MR) is 82.7 cm³/mol. The lowest BCUT2D eigenvalue weighted by Gasteiger charge is -2.30. The van der Waals surface area contributed by atoms with Crippen LogP contribution < -0.4 is 10.1 Å². The van der Waals surface area contributed by atoms with Crippen molar-refractivity contribution in [2.24, 2.45) is 0 Å². The number of hydrogen-bond donors (Lipinski definition) is 2. The molecule has 0 spiro atoms. The van der Waals surface area contributed by atoms with Gasteiger partial charge in [0.1, 0.15) is 11.4 Å². The van der Waals surface area contributed by atoms with Crippen LogP contribution in [0, 0.1) is 0 Å². The van der Waals surface area contributed by atoms with E-state index in [0.717, 1.165) is 24.3 Å².